The van der Waals surface area contributed by atoms with Crippen LogP contribution in [-0.2, 0) is 22.8 Å². The van der Waals surface area contributed by atoms with E-state index >= 15 is 0 Å². The van der Waals surface area contributed by atoms with Gasteiger partial charge in [0, 0.05) is 6.42 Å². The largest absolute Gasteiger partial charge is 0.338 e. The summed E-state index contributed by atoms with van der Waals surface area (Å²) >= 11 is 0. The molecule has 16 heavy (non-hydrogen) atoms. The molecule has 1 saturated heterocycles. The summed E-state index contributed by atoms with van der Waals surface area (Å²) in [6.45, 7) is 0.218. The topological polar surface area (TPSA) is 99.1 Å². The fourth-order valence-electron chi connectivity index (χ4n) is 1.99. The number of rotatable bonds is 3. The lowest BCUT2D eigenvalue weighted by molar-refractivity contribution is 0.369. The van der Waals surface area contributed by atoms with Gasteiger partial charge in [-0.2, -0.15) is 4.98 Å². The van der Waals surface area contributed by atoms with Crippen LogP contribution in [0, 0.1) is 5.92 Å². The van der Waals surface area contributed by atoms with Crippen molar-refractivity contribution >= 4 is 9.84 Å². The second-order valence-electron chi connectivity index (χ2n) is 4.14. The molecule has 1 aliphatic rings. The van der Waals surface area contributed by atoms with Crippen LogP contribution >= 0.6 is 0 Å². The third kappa shape index (κ3) is 2.79. The van der Waals surface area contributed by atoms with Crippen LogP contribution in [0.1, 0.15) is 24.6 Å². The number of aromatic nitrogens is 2. The zero-order valence-corrected chi connectivity index (χ0v) is 9.74. The fraction of sp³-hybridized carbons (Fsp3) is 0.778. The minimum absolute atomic E-state index is 0.113. The highest BCUT2D eigenvalue weighted by atomic mass is 32.2. The zero-order chi connectivity index (χ0) is 11.6. The molecule has 1 aromatic heterocycles. The van der Waals surface area contributed by atoms with Crippen LogP contribution in [-0.4, -0.2) is 30.1 Å². The second-order valence-corrected chi connectivity index (χ2v) is 6.36. The van der Waals surface area contributed by atoms with Crippen molar-refractivity contribution in [1.29, 1.82) is 0 Å². The molecule has 0 spiro atoms. The van der Waals surface area contributed by atoms with Gasteiger partial charge in [-0.1, -0.05) is 5.16 Å². The molecule has 7 heteroatoms. The molecule has 0 bridgehead atoms. The lowest BCUT2D eigenvalue weighted by Gasteiger charge is -2.20. The van der Waals surface area contributed by atoms with Crippen molar-refractivity contribution in [2.75, 3.05) is 11.5 Å². The molecule has 6 nitrogen and oxygen atoms in total. The van der Waals surface area contributed by atoms with Crippen molar-refractivity contribution in [3.63, 3.8) is 0 Å². The van der Waals surface area contributed by atoms with E-state index < -0.39 is 9.84 Å². The van der Waals surface area contributed by atoms with Crippen molar-refractivity contribution < 1.29 is 12.9 Å². The Bertz CT molecular complexity index is 454. The van der Waals surface area contributed by atoms with Gasteiger partial charge < -0.3 is 10.3 Å². The van der Waals surface area contributed by atoms with Gasteiger partial charge in [-0.05, 0) is 18.8 Å². The molecule has 1 unspecified atom stereocenters. The average Bonchev–Trinajstić information content (AvgIpc) is 2.64. The first-order chi connectivity index (χ1) is 7.59. The average molecular weight is 245 g/mol. The Morgan fingerprint density at radius 2 is 2.31 bits per heavy atom. The summed E-state index contributed by atoms with van der Waals surface area (Å²) < 4.78 is 27.7. The number of hydrogen-bond acceptors (Lipinski definition) is 6. The Kier molecular flexibility index (Phi) is 3.25. The normalized spacial score (nSPS) is 24.4. The smallest absolute Gasteiger partial charge is 0.240 e. The van der Waals surface area contributed by atoms with Crippen molar-refractivity contribution in [1.82, 2.24) is 10.1 Å². The molecule has 0 saturated carbocycles. The quantitative estimate of drug-likeness (QED) is 0.798. The van der Waals surface area contributed by atoms with Crippen LogP contribution in [0.5, 0.6) is 0 Å². The van der Waals surface area contributed by atoms with Gasteiger partial charge in [0.1, 0.15) is 0 Å². The molecular weight excluding hydrogens is 230 g/mol. The summed E-state index contributed by atoms with van der Waals surface area (Å²) in [5.41, 5.74) is 5.35. The predicted octanol–water partition coefficient (Wildman–Crippen LogP) is -0.104. The Morgan fingerprint density at radius 3 is 2.94 bits per heavy atom. The van der Waals surface area contributed by atoms with Crippen LogP contribution in [0.3, 0.4) is 0 Å². The van der Waals surface area contributed by atoms with Gasteiger partial charge >= 0.3 is 0 Å². The molecule has 2 N–H and O–H groups in total. The Morgan fingerprint density at radius 1 is 1.50 bits per heavy atom. The van der Waals surface area contributed by atoms with E-state index in [2.05, 4.69) is 10.1 Å². The molecule has 1 atom stereocenters. The number of hydrogen-bond donors (Lipinski definition) is 1. The number of sulfone groups is 1. The minimum Gasteiger partial charge on any atom is -0.338 e. The Hall–Kier alpha value is -0.950. The molecular formula is C9H15N3O3S. The first-order valence-corrected chi connectivity index (χ1v) is 7.13. The number of nitrogens with zero attached hydrogens (tertiary/aromatic N) is 2. The second kappa shape index (κ2) is 4.50. The van der Waals surface area contributed by atoms with Gasteiger partial charge in [0.05, 0.1) is 18.1 Å². The maximum atomic E-state index is 11.4. The van der Waals surface area contributed by atoms with Crippen molar-refractivity contribution in [3.05, 3.63) is 11.7 Å². The van der Waals surface area contributed by atoms with E-state index in [0.717, 1.165) is 12.8 Å². The fourth-order valence-corrected chi connectivity index (χ4v) is 3.77. The highest BCUT2D eigenvalue weighted by molar-refractivity contribution is 7.91. The number of nitrogens with two attached hydrogens (primary N) is 1. The summed E-state index contributed by atoms with van der Waals surface area (Å²) in [7, 11) is -2.86. The van der Waals surface area contributed by atoms with Gasteiger partial charge in [0.25, 0.3) is 0 Å². The summed E-state index contributed by atoms with van der Waals surface area (Å²) in [5, 5.41) is 3.77. The first-order valence-electron chi connectivity index (χ1n) is 5.31. The molecule has 0 amide bonds. The van der Waals surface area contributed by atoms with Crippen molar-refractivity contribution in [2.24, 2.45) is 11.7 Å². The molecule has 0 aliphatic carbocycles. The highest BCUT2D eigenvalue weighted by Crippen LogP contribution is 2.21. The van der Waals surface area contributed by atoms with Crippen LogP contribution in [0.15, 0.2) is 4.52 Å². The van der Waals surface area contributed by atoms with Crippen LogP contribution in [0.2, 0.25) is 0 Å². The summed E-state index contributed by atoms with van der Waals surface area (Å²) in [4.78, 5) is 4.07. The van der Waals surface area contributed by atoms with Gasteiger partial charge in [-0.3, -0.25) is 0 Å². The monoisotopic (exact) mass is 245 g/mol. The van der Waals surface area contributed by atoms with Crippen LogP contribution in [0.25, 0.3) is 0 Å². The van der Waals surface area contributed by atoms with Gasteiger partial charge in [0.15, 0.2) is 15.7 Å². The van der Waals surface area contributed by atoms with E-state index in [0.29, 0.717) is 23.9 Å². The lowest BCUT2D eigenvalue weighted by Crippen LogP contribution is -2.26. The molecule has 1 fully saturated rings. The van der Waals surface area contributed by atoms with E-state index in [-0.39, 0.29) is 18.2 Å². The third-order valence-electron chi connectivity index (χ3n) is 2.71. The molecule has 0 aromatic carbocycles. The Labute approximate surface area is 94.1 Å². The molecule has 2 heterocycles. The van der Waals surface area contributed by atoms with Crippen LogP contribution in [0.4, 0.5) is 0 Å². The van der Waals surface area contributed by atoms with Gasteiger partial charge in [-0.25, -0.2) is 8.42 Å². The molecule has 2 rings (SSSR count). The Balaban J connectivity index is 1.99. The summed E-state index contributed by atoms with van der Waals surface area (Å²) in [6.07, 6.45) is 2.20. The molecule has 90 valence electrons. The van der Waals surface area contributed by atoms with Gasteiger partial charge in [-0.15, -0.1) is 0 Å². The highest BCUT2D eigenvalue weighted by Gasteiger charge is 2.26. The van der Waals surface area contributed by atoms with E-state index in [4.69, 9.17) is 10.3 Å². The third-order valence-corrected chi connectivity index (χ3v) is 4.60. The maximum Gasteiger partial charge on any atom is 0.240 e. The minimum atomic E-state index is -2.86. The van der Waals surface area contributed by atoms with E-state index in [1.54, 1.807) is 0 Å². The molecule has 1 aromatic rings. The molecule has 0 radical (unpaired) electrons. The standard InChI is InChI=1S/C9H15N3O3S/c10-5-9-11-8(12-15-9)4-7-2-1-3-16(13,14)6-7/h7H,1-6,10H2. The SMILES string of the molecule is NCc1nc(CC2CCCS(=O)(=O)C2)no1. The summed E-state index contributed by atoms with van der Waals surface area (Å²) in [5.74, 6) is 1.61. The summed E-state index contributed by atoms with van der Waals surface area (Å²) in [6, 6.07) is 0. The van der Waals surface area contributed by atoms with Crippen molar-refractivity contribution in [2.45, 2.75) is 25.8 Å². The van der Waals surface area contributed by atoms with Crippen LogP contribution < -0.4 is 5.73 Å². The first kappa shape index (κ1) is 11.5. The van der Waals surface area contributed by atoms with E-state index in [9.17, 15) is 8.42 Å². The van der Waals surface area contributed by atoms with E-state index in [1.807, 2.05) is 0 Å². The van der Waals surface area contributed by atoms with Crippen molar-refractivity contribution in [3.8, 4) is 0 Å². The lowest BCUT2D eigenvalue weighted by atomic mass is 10.0. The van der Waals surface area contributed by atoms with E-state index in [1.165, 1.54) is 0 Å². The molecule has 1 aliphatic heterocycles. The zero-order valence-electron chi connectivity index (χ0n) is 8.92. The van der Waals surface area contributed by atoms with Gasteiger partial charge in [0.2, 0.25) is 5.89 Å². The predicted molar refractivity (Wildman–Crippen MR) is 57.3 cm³/mol. The maximum absolute atomic E-state index is 11.4.